The number of aromatic nitrogens is 4. The van der Waals surface area contributed by atoms with Gasteiger partial charge < -0.3 is 5.73 Å². The van der Waals surface area contributed by atoms with Gasteiger partial charge in [0.25, 0.3) is 0 Å². The first-order chi connectivity index (χ1) is 16.4. The molecule has 3 aromatic rings. The van der Waals surface area contributed by atoms with Crippen LogP contribution in [-0.2, 0) is 4.79 Å². The number of rotatable bonds is 7. The molecule has 1 fully saturated rings. The summed E-state index contributed by atoms with van der Waals surface area (Å²) in [6.45, 7) is 1.72. The number of primary amides is 1. The number of benzene rings is 1. The molecule has 2 N–H and O–H groups in total. The maximum atomic E-state index is 14.6. The molecule has 3 atom stereocenters. The van der Waals surface area contributed by atoms with E-state index < -0.39 is 41.0 Å². The third-order valence-electron chi connectivity index (χ3n) is 6.07. The minimum absolute atomic E-state index is 0.0189. The molecule has 1 unspecified atom stereocenters. The van der Waals surface area contributed by atoms with E-state index in [2.05, 4.69) is 19.9 Å². The fourth-order valence-corrected chi connectivity index (χ4v) is 4.58. The number of carbonyl (C=O) groups excluding carboxylic acids is 3. The predicted octanol–water partition coefficient (Wildman–Crippen LogP) is 1.60. The van der Waals surface area contributed by atoms with Crippen LogP contribution in [0, 0.1) is 24.6 Å². The monoisotopic (exact) mass is 462 g/mol. The average molecular weight is 462 g/mol. The summed E-state index contributed by atoms with van der Waals surface area (Å²) in [6.07, 6.45) is 5.81. The summed E-state index contributed by atoms with van der Waals surface area (Å²) in [5.74, 6) is -4.28. The average Bonchev–Trinajstić information content (AvgIpc) is 2.85. The highest BCUT2D eigenvalue weighted by Crippen LogP contribution is 2.41. The lowest BCUT2D eigenvalue weighted by atomic mass is 9.69. The number of carbonyl (C=O) groups is 3. The highest BCUT2D eigenvalue weighted by molar-refractivity contribution is 5.99. The van der Waals surface area contributed by atoms with Crippen molar-refractivity contribution in [2.45, 2.75) is 12.8 Å². The minimum atomic E-state index is -0.839. The molecule has 1 amide bonds. The van der Waals surface area contributed by atoms with Crippen molar-refractivity contribution in [2.24, 2.45) is 17.6 Å². The molecule has 0 aliphatic carbocycles. The minimum Gasteiger partial charge on any atom is -0.369 e. The fourth-order valence-electron chi connectivity index (χ4n) is 4.58. The lowest BCUT2D eigenvalue weighted by molar-refractivity contribution is -0.119. The van der Waals surface area contributed by atoms with Gasteiger partial charge in [0.15, 0.2) is 11.6 Å². The maximum absolute atomic E-state index is 14.6. The molecule has 0 saturated carbocycles. The second-order valence-electron chi connectivity index (χ2n) is 8.23. The molecule has 1 aliphatic rings. The van der Waals surface area contributed by atoms with E-state index in [1.807, 2.05) is 0 Å². The number of likely N-dealkylation sites (tertiary alicyclic amines) is 1. The van der Waals surface area contributed by atoms with E-state index in [-0.39, 0.29) is 31.3 Å². The largest absolute Gasteiger partial charge is 0.369 e. The second kappa shape index (κ2) is 9.92. The Hall–Kier alpha value is -3.92. The van der Waals surface area contributed by atoms with Crippen LogP contribution in [0.1, 0.15) is 38.3 Å². The third-order valence-corrected chi connectivity index (χ3v) is 6.07. The zero-order chi connectivity index (χ0) is 24.2. The van der Waals surface area contributed by atoms with Gasteiger partial charge in [-0.15, -0.1) is 0 Å². The SMILES string of the molecule is Cc1c(F)cccc1C1[C@@H](C(=O)c2ncccn2)CN(CC(N)=O)C[C@H]1C(=O)c1ncccn1. The number of nitrogens with two attached hydrogens (primary N) is 1. The van der Waals surface area contributed by atoms with Crippen LogP contribution < -0.4 is 5.73 Å². The van der Waals surface area contributed by atoms with Gasteiger partial charge in [-0.05, 0) is 36.2 Å². The van der Waals surface area contributed by atoms with Gasteiger partial charge in [0, 0.05) is 55.6 Å². The zero-order valence-electron chi connectivity index (χ0n) is 18.5. The zero-order valence-corrected chi connectivity index (χ0v) is 18.5. The van der Waals surface area contributed by atoms with Crippen molar-refractivity contribution in [1.29, 1.82) is 0 Å². The molecule has 0 spiro atoms. The highest BCUT2D eigenvalue weighted by atomic mass is 19.1. The van der Waals surface area contributed by atoms with Crippen LogP contribution in [0.2, 0.25) is 0 Å². The first-order valence-electron chi connectivity index (χ1n) is 10.7. The van der Waals surface area contributed by atoms with Gasteiger partial charge in [-0.3, -0.25) is 19.3 Å². The Labute approximate surface area is 195 Å². The van der Waals surface area contributed by atoms with Gasteiger partial charge in [0.2, 0.25) is 17.5 Å². The van der Waals surface area contributed by atoms with Gasteiger partial charge in [0.1, 0.15) is 5.82 Å². The molecule has 1 saturated heterocycles. The summed E-state index contributed by atoms with van der Waals surface area (Å²) >= 11 is 0. The third kappa shape index (κ3) is 4.72. The van der Waals surface area contributed by atoms with Crippen molar-refractivity contribution >= 4 is 17.5 Å². The number of Topliss-reactive ketones (excluding diaryl/α,β-unsaturated/α-hetero) is 2. The van der Waals surface area contributed by atoms with Gasteiger partial charge >= 0.3 is 0 Å². The second-order valence-corrected chi connectivity index (χ2v) is 8.23. The molecule has 2 aromatic heterocycles. The number of nitrogens with zero attached hydrogens (tertiary/aromatic N) is 5. The highest BCUT2D eigenvalue weighted by Gasteiger charge is 2.46. The standard InChI is InChI=1S/C24H23FN6O3/c1-14-15(5-2-6-18(14)25)20-16(21(33)23-27-7-3-8-28-23)11-31(13-19(26)32)12-17(20)22(34)24-29-9-4-10-30-24/h2-10,16-17,20H,11-13H2,1H3,(H2,26,32)/t16-,17+,20?. The molecule has 9 nitrogen and oxygen atoms in total. The summed E-state index contributed by atoms with van der Waals surface area (Å²) in [4.78, 5) is 56.9. The molecule has 10 heteroatoms. The fraction of sp³-hybridized carbons (Fsp3) is 0.292. The molecule has 1 aromatic carbocycles. The van der Waals surface area contributed by atoms with Crippen LogP contribution in [-0.4, -0.2) is 61.9 Å². The molecule has 1 aliphatic heterocycles. The number of piperidine rings is 1. The molecule has 0 radical (unpaired) electrons. The van der Waals surface area contributed by atoms with E-state index in [1.54, 1.807) is 36.1 Å². The number of amides is 1. The van der Waals surface area contributed by atoms with Gasteiger partial charge in [-0.2, -0.15) is 0 Å². The summed E-state index contributed by atoms with van der Waals surface area (Å²) in [6, 6.07) is 7.77. The number of ketones is 2. The van der Waals surface area contributed by atoms with Crippen molar-refractivity contribution in [2.75, 3.05) is 19.6 Å². The normalized spacial score (nSPS) is 20.6. The van der Waals surface area contributed by atoms with Gasteiger partial charge in [-0.25, -0.2) is 24.3 Å². The van der Waals surface area contributed by atoms with Crippen molar-refractivity contribution in [3.05, 3.63) is 83.7 Å². The summed E-state index contributed by atoms with van der Waals surface area (Å²) in [5.41, 5.74) is 6.30. The van der Waals surface area contributed by atoms with E-state index in [1.165, 1.54) is 30.9 Å². The Morgan fingerprint density at radius 1 is 0.912 bits per heavy atom. The van der Waals surface area contributed by atoms with E-state index >= 15 is 0 Å². The Balaban J connectivity index is 1.86. The van der Waals surface area contributed by atoms with Gasteiger partial charge in [0.05, 0.1) is 6.54 Å². The molecule has 3 heterocycles. The number of halogens is 1. The van der Waals surface area contributed by atoms with E-state index in [9.17, 15) is 18.8 Å². The van der Waals surface area contributed by atoms with Crippen molar-refractivity contribution in [1.82, 2.24) is 24.8 Å². The van der Waals surface area contributed by atoms with Crippen LogP contribution in [0.5, 0.6) is 0 Å². The Kier molecular flexibility index (Phi) is 6.78. The van der Waals surface area contributed by atoms with E-state index in [4.69, 9.17) is 5.73 Å². The van der Waals surface area contributed by atoms with Crippen molar-refractivity contribution in [3.63, 3.8) is 0 Å². The lowest BCUT2D eigenvalue weighted by Gasteiger charge is -2.42. The topological polar surface area (TPSA) is 132 Å². The molecule has 174 valence electrons. The molecule has 4 rings (SSSR count). The smallest absolute Gasteiger partial charge is 0.231 e. The molecule has 34 heavy (non-hydrogen) atoms. The van der Waals surface area contributed by atoms with E-state index in [0.717, 1.165) is 0 Å². The summed E-state index contributed by atoms with van der Waals surface area (Å²) in [7, 11) is 0. The van der Waals surface area contributed by atoms with Crippen molar-refractivity contribution in [3.8, 4) is 0 Å². The molecular weight excluding hydrogens is 439 g/mol. The van der Waals surface area contributed by atoms with Crippen LogP contribution in [0.3, 0.4) is 0 Å². The molecular formula is C24H23FN6O3. The van der Waals surface area contributed by atoms with Crippen molar-refractivity contribution < 1.29 is 18.8 Å². The first kappa shape index (κ1) is 23.2. The van der Waals surface area contributed by atoms with Crippen LogP contribution in [0.4, 0.5) is 4.39 Å². The number of hydrogen-bond donors (Lipinski definition) is 1. The van der Waals surface area contributed by atoms with Gasteiger partial charge in [-0.1, -0.05) is 12.1 Å². The predicted molar refractivity (Wildman–Crippen MR) is 119 cm³/mol. The summed E-state index contributed by atoms with van der Waals surface area (Å²) < 4.78 is 14.6. The molecule has 0 bridgehead atoms. The quantitative estimate of drug-likeness (QED) is 0.524. The van der Waals surface area contributed by atoms with E-state index in [0.29, 0.717) is 11.1 Å². The Bertz CT molecular complexity index is 1150. The van der Waals surface area contributed by atoms with Crippen LogP contribution in [0.25, 0.3) is 0 Å². The van der Waals surface area contributed by atoms with Crippen LogP contribution >= 0.6 is 0 Å². The summed E-state index contributed by atoms with van der Waals surface area (Å²) in [5, 5.41) is 0. The Morgan fingerprint density at radius 2 is 1.41 bits per heavy atom. The first-order valence-corrected chi connectivity index (χ1v) is 10.7. The lowest BCUT2D eigenvalue weighted by Crippen LogP contribution is -2.52. The van der Waals surface area contributed by atoms with Crippen LogP contribution in [0.15, 0.2) is 55.1 Å². The Morgan fingerprint density at radius 3 is 1.88 bits per heavy atom. The number of hydrogen-bond acceptors (Lipinski definition) is 8. The maximum Gasteiger partial charge on any atom is 0.231 e.